The van der Waals surface area contributed by atoms with Crippen LogP contribution in [0.1, 0.15) is 22.3 Å². The Labute approximate surface area is 207 Å². The number of benzene rings is 2. The molecular weight excluding hydrogens is 478 g/mol. The first kappa shape index (κ1) is 27.5. The number of carbonyl (C=O) groups is 3. The van der Waals surface area contributed by atoms with E-state index < -0.39 is 11.9 Å². The Morgan fingerprint density at radius 2 is 1.74 bits per heavy atom. The number of ether oxygens (including phenoxy) is 2. The number of rotatable bonds is 8. The Morgan fingerprint density at radius 1 is 1.11 bits per heavy atom. The number of hydrogen-bond donors (Lipinski definition) is 4. The third-order valence-corrected chi connectivity index (χ3v) is 5.43. The molecule has 0 saturated carbocycles. The molecule has 1 fully saturated rings. The fourth-order valence-corrected chi connectivity index (χ4v) is 3.57. The smallest absolute Gasteiger partial charge is 0.328 e. The minimum Gasteiger partial charge on any atom is -0.497 e. The number of carboxylic acids is 2. The van der Waals surface area contributed by atoms with Crippen LogP contribution in [0.15, 0.2) is 48.6 Å². The van der Waals surface area contributed by atoms with Crippen molar-refractivity contribution >= 4 is 35.1 Å². The first-order valence-corrected chi connectivity index (χ1v) is 10.9. The third-order valence-electron chi connectivity index (χ3n) is 5.10. The van der Waals surface area contributed by atoms with Crippen LogP contribution in [0, 0.1) is 0 Å². The number of nitrogens with zero attached hydrogens (tertiary/aromatic N) is 1. The minimum atomic E-state index is -1.26. The van der Waals surface area contributed by atoms with Crippen LogP contribution >= 0.6 is 11.6 Å². The molecule has 3 rings (SSSR count). The number of nitrogens with two attached hydrogens (primary N) is 1. The molecule has 0 aromatic heterocycles. The van der Waals surface area contributed by atoms with E-state index >= 15 is 0 Å². The topological polar surface area (TPSA) is 151 Å². The van der Waals surface area contributed by atoms with Crippen LogP contribution < -0.4 is 20.5 Å². The predicted molar refractivity (Wildman–Crippen MR) is 131 cm³/mol. The van der Waals surface area contributed by atoms with E-state index in [0.717, 1.165) is 31.8 Å². The Bertz CT molecular complexity index is 1060. The lowest BCUT2D eigenvalue weighted by molar-refractivity contribution is -0.134. The average Bonchev–Trinajstić information content (AvgIpc) is 3.26. The van der Waals surface area contributed by atoms with Crippen molar-refractivity contribution in [2.45, 2.75) is 19.0 Å². The van der Waals surface area contributed by atoms with E-state index in [9.17, 15) is 14.4 Å². The van der Waals surface area contributed by atoms with Crippen molar-refractivity contribution in [3.63, 3.8) is 0 Å². The van der Waals surface area contributed by atoms with Crippen LogP contribution in [0.25, 0.3) is 0 Å². The van der Waals surface area contributed by atoms with Crippen molar-refractivity contribution in [2.24, 2.45) is 0 Å². The molecule has 0 aliphatic carbocycles. The number of likely N-dealkylation sites (tertiary alicyclic amines) is 1. The van der Waals surface area contributed by atoms with E-state index in [2.05, 4.69) is 22.3 Å². The molecule has 2 aromatic rings. The summed E-state index contributed by atoms with van der Waals surface area (Å²) in [4.78, 5) is 34.1. The molecule has 1 aliphatic heterocycles. The van der Waals surface area contributed by atoms with E-state index in [0.29, 0.717) is 34.2 Å². The van der Waals surface area contributed by atoms with E-state index in [1.807, 2.05) is 12.1 Å². The van der Waals surface area contributed by atoms with Gasteiger partial charge in [-0.05, 0) is 30.2 Å². The van der Waals surface area contributed by atoms with Gasteiger partial charge in [0.25, 0.3) is 5.91 Å². The van der Waals surface area contributed by atoms with Gasteiger partial charge in [0, 0.05) is 43.9 Å². The first-order chi connectivity index (χ1) is 16.6. The van der Waals surface area contributed by atoms with Crippen LogP contribution in [0.4, 0.5) is 5.69 Å². The van der Waals surface area contributed by atoms with E-state index in [1.165, 1.54) is 12.7 Å². The maximum Gasteiger partial charge on any atom is 0.328 e. The average molecular weight is 506 g/mol. The zero-order valence-corrected chi connectivity index (χ0v) is 20.1. The fraction of sp³-hybridized carbons (Fsp3) is 0.292. The maximum atomic E-state index is 12.7. The Kier molecular flexibility index (Phi) is 10.4. The molecule has 11 heteroatoms. The molecule has 2 aromatic carbocycles. The maximum absolute atomic E-state index is 12.7. The zero-order valence-electron chi connectivity index (χ0n) is 19.4. The van der Waals surface area contributed by atoms with Gasteiger partial charge < -0.3 is 30.7 Å². The molecule has 1 unspecified atom stereocenters. The largest absolute Gasteiger partial charge is 0.497 e. The van der Waals surface area contributed by atoms with Crippen LogP contribution in [0.5, 0.6) is 11.5 Å². The molecule has 0 bridgehead atoms. The van der Waals surface area contributed by atoms with Gasteiger partial charge in [0.2, 0.25) is 0 Å². The van der Waals surface area contributed by atoms with Crippen molar-refractivity contribution < 1.29 is 34.1 Å². The molecule has 188 valence electrons. The lowest BCUT2D eigenvalue weighted by Crippen LogP contribution is -2.37. The number of carbonyl (C=O) groups excluding carboxylic acids is 1. The highest BCUT2D eigenvalue weighted by Gasteiger charge is 2.25. The second kappa shape index (κ2) is 13.2. The predicted octanol–water partition coefficient (Wildman–Crippen LogP) is 2.66. The molecule has 1 heterocycles. The van der Waals surface area contributed by atoms with Crippen LogP contribution in [-0.2, 0) is 16.1 Å². The van der Waals surface area contributed by atoms with E-state index in [4.69, 9.17) is 37.0 Å². The first-order valence-electron chi connectivity index (χ1n) is 10.6. The third kappa shape index (κ3) is 8.84. The van der Waals surface area contributed by atoms with Gasteiger partial charge in [0.1, 0.15) is 11.5 Å². The fourth-order valence-electron chi connectivity index (χ4n) is 3.40. The summed E-state index contributed by atoms with van der Waals surface area (Å²) >= 11 is 6.06. The summed E-state index contributed by atoms with van der Waals surface area (Å²) in [6.45, 7) is 2.56. The van der Waals surface area contributed by atoms with E-state index in [1.54, 1.807) is 19.2 Å². The highest BCUT2D eigenvalue weighted by atomic mass is 35.5. The van der Waals surface area contributed by atoms with Gasteiger partial charge in [0.05, 0.1) is 30.5 Å². The number of amides is 1. The molecule has 1 atom stereocenters. The van der Waals surface area contributed by atoms with Gasteiger partial charge >= 0.3 is 11.9 Å². The summed E-state index contributed by atoms with van der Waals surface area (Å²) in [5.74, 6) is -1.45. The lowest BCUT2D eigenvalue weighted by atomic mass is 10.1. The van der Waals surface area contributed by atoms with Crippen LogP contribution in [0.3, 0.4) is 0 Å². The van der Waals surface area contributed by atoms with Gasteiger partial charge in [-0.1, -0.05) is 23.7 Å². The van der Waals surface area contributed by atoms with Gasteiger partial charge in [0.15, 0.2) is 0 Å². The summed E-state index contributed by atoms with van der Waals surface area (Å²) in [6.07, 6.45) is 2.01. The van der Waals surface area contributed by atoms with Gasteiger partial charge in [-0.15, -0.1) is 0 Å². The van der Waals surface area contributed by atoms with Crippen molar-refractivity contribution in [3.05, 3.63) is 64.7 Å². The normalized spacial score (nSPS) is 15.2. The summed E-state index contributed by atoms with van der Waals surface area (Å²) in [5, 5.41) is 19.0. The standard InChI is InChI=1S/C20H24ClN3O3.C4H4O4/c1-26-15-5-3-13(4-6-15)11-24-8-7-14(12-24)23-20(25)16-9-17(21)18(22)10-19(16)27-2;5-3(6)1-2-4(7)8/h3-6,9-10,14H,7-8,11-12,22H2,1-2H3,(H,23,25);1-2H,(H,5,6)(H,7,8)/b;2-1+. The minimum absolute atomic E-state index is 0.0804. The molecule has 0 spiro atoms. The number of carboxylic acid groups (broad SMARTS) is 2. The number of methoxy groups -OCH3 is 2. The molecule has 1 amide bonds. The SMILES string of the molecule is COc1ccc(CN2CCC(NC(=O)c3cc(Cl)c(N)cc3OC)C2)cc1.O=C(O)/C=C/C(=O)O. The summed E-state index contributed by atoms with van der Waals surface area (Å²) < 4.78 is 10.5. The molecule has 1 aliphatic rings. The second-order valence-electron chi connectivity index (χ2n) is 7.63. The number of hydrogen-bond acceptors (Lipinski definition) is 7. The molecule has 5 N–H and O–H groups in total. The summed E-state index contributed by atoms with van der Waals surface area (Å²) in [6, 6.07) is 11.2. The number of anilines is 1. The lowest BCUT2D eigenvalue weighted by Gasteiger charge is -2.18. The molecule has 1 saturated heterocycles. The summed E-state index contributed by atoms with van der Waals surface area (Å²) in [7, 11) is 3.16. The van der Waals surface area contributed by atoms with Crippen molar-refractivity contribution in [1.29, 1.82) is 0 Å². The number of nitrogen functional groups attached to an aromatic ring is 1. The van der Waals surface area contributed by atoms with Gasteiger partial charge in [-0.2, -0.15) is 0 Å². The second-order valence-corrected chi connectivity index (χ2v) is 8.03. The number of halogens is 1. The quantitative estimate of drug-likeness (QED) is 0.313. The van der Waals surface area contributed by atoms with Gasteiger partial charge in [-0.3, -0.25) is 9.69 Å². The summed E-state index contributed by atoms with van der Waals surface area (Å²) in [5.41, 5.74) is 7.78. The molecule has 0 radical (unpaired) electrons. The van der Waals surface area contributed by atoms with E-state index in [-0.39, 0.29) is 11.9 Å². The van der Waals surface area contributed by atoms with Gasteiger partial charge in [-0.25, -0.2) is 9.59 Å². The Balaban J connectivity index is 0.000000466. The monoisotopic (exact) mass is 505 g/mol. The highest BCUT2D eigenvalue weighted by Crippen LogP contribution is 2.29. The Morgan fingerprint density at radius 3 is 2.29 bits per heavy atom. The number of aliphatic carboxylic acids is 2. The zero-order chi connectivity index (χ0) is 26.0. The van der Waals surface area contributed by atoms with Crippen molar-refractivity contribution in [1.82, 2.24) is 10.2 Å². The van der Waals surface area contributed by atoms with Crippen molar-refractivity contribution in [2.75, 3.05) is 33.0 Å². The van der Waals surface area contributed by atoms with Crippen LogP contribution in [-0.4, -0.2) is 66.3 Å². The van der Waals surface area contributed by atoms with Crippen LogP contribution in [0.2, 0.25) is 5.02 Å². The highest BCUT2D eigenvalue weighted by molar-refractivity contribution is 6.33. The molecule has 10 nitrogen and oxygen atoms in total. The van der Waals surface area contributed by atoms with Crippen molar-refractivity contribution in [3.8, 4) is 11.5 Å². The molecule has 35 heavy (non-hydrogen) atoms. The Hall–Kier alpha value is -3.76. The molecular formula is C24H28ClN3O7. The number of nitrogens with one attached hydrogen (secondary N) is 1.